The van der Waals surface area contributed by atoms with Crippen molar-refractivity contribution in [2.75, 3.05) is 13.1 Å². The van der Waals surface area contributed by atoms with Crippen molar-refractivity contribution in [3.8, 4) is 0 Å². The Morgan fingerprint density at radius 1 is 1.42 bits per heavy atom. The van der Waals surface area contributed by atoms with Crippen LogP contribution in [-0.4, -0.2) is 28.9 Å². The van der Waals surface area contributed by atoms with Gasteiger partial charge in [0.1, 0.15) is 5.69 Å². The minimum absolute atomic E-state index is 0.104. The first-order valence-corrected chi connectivity index (χ1v) is 6.32. The average Bonchev–Trinajstić information content (AvgIpc) is 2.26. The number of halogens is 2. The van der Waals surface area contributed by atoms with Crippen molar-refractivity contribution in [3.63, 3.8) is 0 Å². The highest BCUT2D eigenvalue weighted by Gasteiger charge is 2.36. The van der Waals surface area contributed by atoms with Crippen molar-refractivity contribution < 1.29 is 13.6 Å². The number of nitrogens with zero attached hydrogens (tertiary/aromatic N) is 2. The molecule has 0 aliphatic carbocycles. The van der Waals surface area contributed by atoms with Crippen LogP contribution in [0.5, 0.6) is 0 Å². The summed E-state index contributed by atoms with van der Waals surface area (Å²) in [7, 11) is 0. The van der Waals surface area contributed by atoms with Gasteiger partial charge in [-0.05, 0) is 17.7 Å². The SMILES string of the molecule is CC(C)(C)C(=O)N1CC(c2ccnc(C(F)F)c2)C1. The molecule has 0 radical (unpaired) electrons. The number of pyridine rings is 1. The van der Waals surface area contributed by atoms with Crippen molar-refractivity contribution in [3.05, 3.63) is 29.6 Å². The van der Waals surface area contributed by atoms with Gasteiger partial charge < -0.3 is 4.90 Å². The molecule has 1 saturated heterocycles. The van der Waals surface area contributed by atoms with Gasteiger partial charge in [0.15, 0.2) is 0 Å². The van der Waals surface area contributed by atoms with Crippen LogP contribution < -0.4 is 0 Å². The molecule has 0 unspecified atom stereocenters. The normalized spacial score (nSPS) is 16.6. The topological polar surface area (TPSA) is 33.2 Å². The molecule has 0 atom stereocenters. The zero-order valence-corrected chi connectivity index (χ0v) is 11.4. The average molecular weight is 268 g/mol. The molecule has 5 heteroatoms. The molecule has 3 nitrogen and oxygen atoms in total. The maximum Gasteiger partial charge on any atom is 0.280 e. The van der Waals surface area contributed by atoms with Gasteiger partial charge in [0, 0.05) is 30.6 Å². The van der Waals surface area contributed by atoms with E-state index in [-0.39, 0.29) is 17.5 Å². The number of rotatable bonds is 2. The van der Waals surface area contributed by atoms with Crippen LogP contribution in [0.3, 0.4) is 0 Å². The second-order valence-corrected chi connectivity index (χ2v) is 5.97. The van der Waals surface area contributed by atoms with Gasteiger partial charge in [-0.1, -0.05) is 20.8 Å². The lowest BCUT2D eigenvalue weighted by atomic mass is 9.87. The Balaban J connectivity index is 2.01. The van der Waals surface area contributed by atoms with Crippen molar-refractivity contribution in [2.24, 2.45) is 5.41 Å². The first-order valence-electron chi connectivity index (χ1n) is 6.32. The Morgan fingerprint density at radius 2 is 2.05 bits per heavy atom. The number of hydrogen-bond donors (Lipinski definition) is 0. The second kappa shape index (κ2) is 4.87. The standard InChI is InChI=1S/C14H18F2N2O/c1-14(2,3)13(19)18-7-10(8-18)9-4-5-17-11(6-9)12(15)16/h4-6,10,12H,7-8H2,1-3H3. The monoisotopic (exact) mass is 268 g/mol. The van der Waals surface area contributed by atoms with Gasteiger partial charge in [-0.2, -0.15) is 0 Å². The number of amides is 1. The molecule has 19 heavy (non-hydrogen) atoms. The fraction of sp³-hybridized carbons (Fsp3) is 0.571. The molecular formula is C14H18F2N2O. The summed E-state index contributed by atoms with van der Waals surface area (Å²) >= 11 is 0. The molecular weight excluding hydrogens is 250 g/mol. The number of hydrogen-bond acceptors (Lipinski definition) is 2. The zero-order chi connectivity index (χ0) is 14.2. The Labute approximate surface area is 111 Å². The summed E-state index contributed by atoms with van der Waals surface area (Å²) in [6.45, 7) is 6.84. The Hall–Kier alpha value is -1.52. The Morgan fingerprint density at radius 3 is 2.58 bits per heavy atom. The molecule has 104 valence electrons. The first kappa shape index (κ1) is 13.9. The Kier molecular flexibility index (Phi) is 3.56. The van der Waals surface area contributed by atoms with E-state index in [1.165, 1.54) is 12.3 Å². The zero-order valence-electron chi connectivity index (χ0n) is 11.4. The lowest BCUT2D eigenvalue weighted by Gasteiger charge is -2.42. The third kappa shape index (κ3) is 2.91. The summed E-state index contributed by atoms with van der Waals surface area (Å²) in [4.78, 5) is 17.4. The van der Waals surface area contributed by atoms with Crippen molar-refractivity contribution in [2.45, 2.75) is 33.1 Å². The fourth-order valence-electron chi connectivity index (χ4n) is 2.17. The molecule has 1 aromatic heterocycles. The van der Waals surface area contributed by atoms with Gasteiger partial charge in [-0.25, -0.2) is 8.78 Å². The van der Waals surface area contributed by atoms with E-state index in [1.807, 2.05) is 20.8 Å². The lowest BCUT2D eigenvalue weighted by Crippen LogP contribution is -2.52. The molecule has 1 aliphatic rings. The number of carbonyl (C=O) groups excluding carboxylic acids is 1. The predicted octanol–water partition coefficient (Wildman–Crippen LogP) is 2.99. The third-order valence-corrected chi connectivity index (χ3v) is 3.31. The van der Waals surface area contributed by atoms with E-state index in [2.05, 4.69) is 4.98 Å². The molecule has 1 aliphatic heterocycles. The van der Waals surface area contributed by atoms with Crippen LogP contribution in [0.1, 0.15) is 44.4 Å². The minimum atomic E-state index is -2.55. The smallest absolute Gasteiger partial charge is 0.280 e. The van der Waals surface area contributed by atoms with Crippen LogP contribution in [0.15, 0.2) is 18.3 Å². The molecule has 2 heterocycles. The van der Waals surface area contributed by atoms with Crippen LogP contribution in [-0.2, 0) is 4.79 Å². The van der Waals surface area contributed by atoms with Crippen molar-refractivity contribution >= 4 is 5.91 Å². The molecule has 0 saturated carbocycles. The van der Waals surface area contributed by atoms with E-state index < -0.39 is 11.8 Å². The molecule has 2 rings (SSSR count). The summed E-state index contributed by atoms with van der Waals surface area (Å²) in [5.41, 5.74) is 0.249. The molecule has 1 aromatic rings. The van der Waals surface area contributed by atoms with Crippen LogP contribution >= 0.6 is 0 Å². The second-order valence-electron chi connectivity index (χ2n) is 5.97. The van der Waals surface area contributed by atoms with Crippen LogP contribution in [0.4, 0.5) is 8.78 Å². The van der Waals surface area contributed by atoms with E-state index in [4.69, 9.17) is 0 Å². The lowest BCUT2D eigenvalue weighted by molar-refractivity contribution is -0.144. The van der Waals surface area contributed by atoms with Gasteiger partial charge in [0.2, 0.25) is 5.91 Å². The van der Waals surface area contributed by atoms with E-state index in [0.717, 1.165) is 5.56 Å². The maximum absolute atomic E-state index is 12.6. The number of likely N-dealkylation sites (tertiary alicyclic amines) is 1. The van der Waals surface area contributed by atoms with Gasteiger partial charge in [0.25, 0.3) is 6.43 Å². The van der Waals surface area contributed by atoms with E-state index in [0.29, 0.717) is 13.1 Å². The number of alkyl halides is 2. The van der Waals surface area contributed by atoms with Crippen molar-refractivity contribution in [1.82, 2.24) is 9.88 Å². The van der Waals surface area contributed by atoms with Crippen molar-refractivity contribution in [1.29, 1.82) is 0 Å². The van der Waals surface area contributed by atoms with E-state index in [9.17, 15) is 13.6 Å². The molecule has 0 aromatic carbocycles. The van der Waals surface area contributed by atoms with Gasteiger partial charge in [0.05, 0.1) is 0 Å². The quantitative estimate of drug-likeness (QED) is 0.826. The van der Waals surface area contributed by atoms with Crippen LogP contribution in [0.2, 0.25) is 0 Å². The minimum Gasteiger partial charge on any atom is -0.341 e. The third-order valence-electron chi connectivity index (χ3n) is 3.31. The largest absolute Gasteiger partial charge is 0.341 e. The molecule has 1 fully saturated rings. The molecule has 1 amide bonds. The van der Waals surface area contributed by atoms with E-state index in [1.54, 1.807) is 11.0 Å². The van der Waals surface area contributed by atoms with Gasteiger partial charge in [-0.15, -0.1) is 0 Å². The molecule has 0 spiro atoms. The highest BCUT2D eigenvalue weighted by Crippen LogP contribution is 2.31. The maximum atomic E-state index is 12.6. The summed E-state index contributed by atoms with van der Waals surface area (Å²) < 4.78 is 25.1. The summed E-state index contributed by atoms with van der Waals surface area (Å²) in [5.74, 6) is 0.249. The highest BCUT2D eigenvalue weighted by atomic mass is 19.3. The molecule has 0 bridgehead atoms. The van der Waals surface area contributed by atoms with Gasteiger partial charge in [-0.3, -0.25) is 9.78 Å². The first-order chi connectivity index (χ1) is 8.79. The van der Waals surface area contributed by atoms with E-state index >= 15 is 0 Å². The van der Waals surface area contributed by atoms with Crippen LogP contribution in [0, 0.1) is 5.41 Å². The van der Waals surface area contributed by atoms with Gasteiger partial charge >= 0.3 is 0 Å². The summed E-state index contributed by atoms with van der Waals surface area (Å²) in [6, 6.07) is 3.18. The Bertz CT molecular complexity index is 477. The summed E-state index contributed by atoms with van der Waals surface area (Å²) in [6.07, 6.45) is -1.14. The van der Waals surface area contributed by atoms with Crippen LogP contribution in [0.25, 0.3) is 0 Å². The fourth-order valence-corrected chi connectivity index (χ4v) is 2.17. The highest BCUT2D eigenvalue weighted by molar-refractivity contribution is 5.82. The summed E-state index contributed by atoms with van der Waals surface area (Å²) in [5, 5.41) is 0. The number of aromatic nitrogens is 1. The number of carbonyl (C=O) groups is 1. The molecule has 0 N–H and O–H groups in total. The predicted molar refractivity (Wildman–Crippen MR) is 68.0 cm³/mol.